The minimum atomic E-state index is -2.99. The van der Waals surface area contributed by atoms with Crippen LogP contribution in [0.15, 0.2) is 58.2 Å². The van der Waals surface area contributed by atoms with Gasteiger partial charge in [0.25, 0.3) is 5.22 Å². The molecule has 140 valence electrons. The molecule has 0 spiro atoms. The molecule has 1 N–H and O–H groups in total. The van der Waals surface area contributed by atoms with Crippen molar-refractivity contribution in [2.24, 2.45) is 0 Å². The fourth-order valence-corrected chi connectivity index (χ4v) is 2.84. The molecule has 0 fully saturated rings. The van der Waals surface area contributed by atoms with Gasteiger partial charge in [-0.1, -0.05) is 41.6 Å². The van der Waals surface area contributed by atoms with Crippen LogP contribution < -0.4 is 10.1 Å². The van der Waals surface area contributed by atoms with E-state index in [9.17, 15) is 13.6 Å². The van der Waals surface area contributed by atoms with Crippen molar-refractivity contribution >= 4 is 35.0 Å². The Labute approximate surface area is 161 Å². The Hall–Kier alpha value is -2.65. The minimum Gasteiger partial charge on any atom is -0.433 e. The number of hydrogen-bond acceptors (Lipinski definition) is 6. The van der Waals surface area contributed by atoms with Gasteiger partial charge in [-0.25, -0.2) is 0 Å². The Morgan fingerprint density at radius 1 is 1.22 bits per heavy atom. The summed E-state index contributed by atoms with van der Waals surface area (Å²) in [5.41, 5.74) is 0.804. The summed E-state index contributed by atoms with van der Waals surface area (Å²) in [6.45, 7) is -2.99. The Bertz CT molecular complexity index is 939. The number of aromatic nitrogens is 2. The summed E-state index contributed by atoms with van der Waals surface area (Å²) in [4.78, 5) is 12.1. The number of alkyl halides is 2. The average Bonchev–Trinajstić information content (AvgIpc) is 3.10. The van der Waals surface area contributed by atoms with Crippen LogP contribution in [0.3, 0.4) is 0 Å². The monoisotopic (exact) mass is 411 g/mol. The molecule has 3 rings (SSSR count). The Morgan fingerprint density at radius 3 is 2.81 bits per heavy atom. The SMILES string of the molecule is O=C(CSc1nnc(-c2cccc(Cl)c2)o1)Nc1ccccc1OC(F)F. The molecule has 3 aromatic rings. The highest BCUT2D eigenvalue weighted by Gasteiger charge is 2.14. The maximum atomic E-state index is 12.4. The second kappa shape index (κ2) is 8.83. The number of nitrogens with zero attached hydrogens (tertiary/aromatic N) is 2. The fraction of sp³-hybridized carbons (Fsp3) is 0.118. The van der Waals surface area contributed by atoms with Crippen LogP contribution in [0.5, 0.6) is 5.75 Å². The van der Waals surface area contributed by atoms with E-state index in [0.29, 0.717) is 10.6 Å². The molecule has 6 nitrogen and oxygen atoms in total. The van der Waals surface area contributed by atoms with E-state index in [1.54, 1.807) is 30.3 Å². The van der Waals surface area contributed by atoms with Gasteiger partial charge in [0.1, 0.15) is 5.75 Å². The fourth-order valence-electron chi connectivity index (χ4n) is 2.09. The van der Waals surface area contributed by atoms with Crippen molar-refractivity contribution in [2.45, 2.75) is 11.8 Å². The van der Waals surface area contributed by atoms with E-state index in [-0.39, 0.29) is 28.3 Å². The minimum absolute atomic E-state index is 0.0554. The van der Waals surface area contributed by atoms with E-state index in [1.165, 1.54) is 18.2 Å². The molecule has 0 bridgehead atoms. The predicted octanol–water partition coefficient (Wildman–Crippen LogP) is 4.72. The average molecular weight is 412 g/mol. The molecular formula is C17H12ClF2N3O3S. The highest BCUT2D eigenvalue weighted by Crippen LogP contribution is 2.27. The third kappa shape index (κ3) is 5.41. The van der Waals surface area contributed by atoms with Crippen molar-refractivity contribution in [3.63, 3.8) is 0 Å². The maximum absolute atomic E-state index is 12.4. The first kappa shape index (κ1) is 19.1. The summed E-state index contributed by atoms with van der Waals surface area (Å²) in [5.74, 6) is -0.337. The highest BCUT2D eigenvalue weighted by molar-refractivity contribution is 7.99. The topological polar surface area (TPSA) is 77.2 Å². The van der Waals surface area contributed by atoms with E-state index >= 15 is 0 Å². The lowest BCUT2D eigenvalue weighted by molar-refractivity contribution is -0.113. The van der Waals surface area contributed by atoms with E-state index in [4.69, 9.17) is 16.0 Å². The number of halogens is 3. The van der Waals surface area contributed by atoms with Crippen LogP contribution in [0.1, 0.15) is 0 Å². The van der Waals surface area contributed by atoms with E-state index in [2.05, 4.69) is 20.3 Å². The zero-order chi connectivity index (χ0) is 19.2. The van der Waals surface area contributed by atoms with Crippen molar-refractivity contribution in [3.05, 3.63) is 53.6 Å². The largest absolute Gasteiger partial charge is 0.433 e. The van der Waals surface area contributed by atoms with Crippen LogP contribution in [0, 0.1) is 0 Å². The molecule has 0 atom stereocenters. The number of carbonyl (C=O) groups is 1. The van der Waals surface area contributed by atoms with Crippen LogP contribution in [0.2, 0.25) is 5.02 Å². The van der Waals surface area contributed by atoms with Crippen molar-refractivity contribution in [3.8, 4) is 17.2 Å². The number of rotatable bonds is 7. The number of para-hydroxylation sites is 2. The van der Waals surface area contributed by atoms with E-state index in [1.807, 2.05) is 0 Å². The number of benzene rings is 2. The Balaban J connectivity index is 1.59. The van der Waals surface area contributed by atoms with Crippen molar-refractivity contribution in [1.82, 2.24) is 10.2 Å². The lowest BCUT2D eigenvalue weighted by Crippen LogP contribution is -2.15. The highest BCUT2D eigenvalue weighted by atomic mass is 35.5. The number of nitrogens with one attached hydrogen (secondary N) is 1. The zero-order valence-electron chi connectivity index (χ0n) is 13.6. The van der Waals surface area contributed by atoms with Crippen LogP contribution in [0.4, 0.5) is 14.5 Å². The smallest absolute Gasteiger partial charge is 0.387 e. The number of hydrogen-bond donors (Lipinski definition) is 1. The van der Waals surface area contributed by atoms with Crippen LogP contribution in [0.25, 0.3) is 11.5 Å². The van der Waals surface area contributed by atoms with Gasteiger partial charge in [0, 0.05) is 10.6 Å². The van der Waals surface area contributed by atoms with Gasteiger partial charge >= 0.3 is 6.61 Å². The number of thioether (sulfide) groups is 1. The van der Waals surface area contributed by atoms with Crippen LogP contribution >= 0.6 is 23.4 Å². The predicted molar refractivity (Wildman–Crippen MR) is 97.2 cm³/mol. The second-order valence-corrected chi connectivity index (χ2v) is 6.46. The molecule has 0 saturated heterocycles. The van der Waals surface area contributed by atoms with Gasteiger partial charge in [-0.15, -0.1) is 10.2 Å². The third-order valence-electron chi connectivity index (χ3n) is 3.18. The molecule has 0 saturated carbocycles. The summed E-state index contributed by atoms with van der Waals surface area (Å²) in [6.07, 6.45) is 0. The van der Waals surface area contributed by atoms with Crippen LogP contribution in [-0.4, -0.2) is 28.5 Å². The summed E-state index contributed by atoms with van der Waals surface area (Å²) in [6, 6.07) is 12.8. The van der Waals surface area contributed by atoms with Gasteiger partial charge in [-0.3, -0.25) is 4.79 Å². The third-order valence-corrected chi connectivity index (χ3v) is 4.24. The van der Waals surface area contributed by atoms with E-state index < -0.39 is 12.5 Å². The summed E-state index contributed by atoms with van der Waals surface area (Å²) < 4.78 is 34.6. The summed E-state index contributed by atoms with van der Waals surface area (Å²) in [7, 11) is 0. The first-order valence-electron chi connectivity index (χ1n) is 7.57. The molecule has 0 aliphatic carbocycles. The maximum Gasteiger partial charge on any atom is 0.387 e. The molecule has 0 aliphatic rings. The molecule has 1 aromatic heterocycles. The first-order valence-corrected chi connectivity index (χ1v) is 8.93. The van der Waals surface area contributed by atoms with Gasteiger partial charge in [-0.05, 0) is 30.3 Å². The Morgan fingerprint density at radius 2 is 2.04 bits per heavy atom. The lowest BCUT2D eigenvalue weighted by atomic mass is 10.2. The molecule has 0 aliphatic heterocycles. The quantitative estimate of drug-likeness (QED) is 0.567. The molecule has 27 heavy (non-hydrogen) atoms. The van der Waals surface area contributed by atoms with Crippen LogP contribution in [-0.2, 0) is 4.79 Å². The van der Waals surface area contributed by atoms with E-state index in [0.717, 1.165) is 11.8 Å². The molecule has 0 radical (unpaired) electrons. The number of ether oxygens (including phenoxy) is 1. The number of amides is 1. The Kier molecular flexibility index (Phi) is 6.25. The van der Waals surface area contributed by atoms with Gasteiger partial charge in [0.15, 0.2) is 0 Å². The standard InChI is InChI=1S/C17H12ClF2N3O3S/c18-11-5-3-4-10(8-11)15-22-23-17(26-15)27-9-14(24)21-12-6-1-2-7-13(12)25-16(19)20/h1-8,16H,9H2,(H,21,24). The van der Waals surface area contributed by atoms with Gasteiger partial charge in [-0.2, -0.15) is 8.78 Å². The molecule has 1 heterocycles. The second-order valence-electron chi connectivity index (χ2n) is 5.09. The lowest BCUT2D eigenvalue weighted by Gasteiger charge is -2.11. The molecule has 1 amide bonds. The van der Waals surface area contributed by atoms with Crippen molar-refractivity contribution in [2.75, 3.05) is 11.1 Å². The first-order chi connectivity index (χ1) is 13.0. The van der Waals surface area contributed by atoms with Gasteiger partial charge in [0.2, 0.25) is 11.8 Å². The summed E-state index contributed by atoms with van der Waals surface area (Å²) >= 11 is 6.93. The number of anilines is 1. The normalized spacial score (nSPS) is 10.8. The molecule has 2 aromatic carbocycles. The zero-order valence-corrected chi connectivity index (χ0v) is 15.1. The number of carbonyl (C=O) groups excluding carboxylic acids is 1. The van der Waals surface area contributed by atoms with Crippen molar-refractivity contribution in [1.29, 1.82) is 0 Å². The molecular weight excluding hydrogens is 400 g/mol. The van der Waals surface area contributed by atoms with Gasteiger partial charge < -0.3 is 14.5 Å². The van der Waals surface area contributed by atoms with Crippen molar-refractivity contribution < 1.29 is 22.7 Å². The van der Waals surface area contributed by atoms with Gasteiger partial charge in [0.05, 0.1) is 11.4 Å². The summed E-state index contributed by atoms with van der Waals surface area (Å²) in [5, 5.41) is 11.0. The molecule has 0 unspecified atom stereocenters. The molecule has 10 heteroatoms.